The first-order chi connectivity index (χ1) is 45.3. The van der Waals surface area contributed by atoms with Crippen LogP contribution in [0.4, 0.5) is 10.5 Å². The summed E-state index contributed by atoms with van der Waals surface area (Å²) in [5.74, 6) is 4.17. The maximum Gasteiger partial charge on any atom is 0.312 e. The van der Waals surface area contributed by atoms with Gasteiger partial charge in [-0.3, -0.25) is 47.5 Å². The topological polar surface area (TPSA) is 299 Å². The van der Waals surface area contributed by atoms with E-state index >= 15 is 0 Å². The van der Waals surface area contributed by atoms with Gasteiger partial charge in [0.15, 0.2) is 11.6 Å². The van der Waals surface area contributed by atoms with Gasteiger partial charge >= 0.3 is 6.03 Å². The summed E-state index contributed by atoms with van der Waals surface area (Å²) in [4.78, 5) is 138. The molecule has 22 nitrogen and oxygen atoms in total. The summed E-state index contributed by atoms with van der Waals surface area (Å²) in [5, 5.41) is 11.6. The van der Waals surface area contributed by atoms with E-state index in [1.807, 2.05) is 90.9 Å². The normalized spacial score (nSPS) is 16.9. The second-order valence-electron chi connectivity index (χ2n) is 27.2. The van der Waals surface area contributed by atoms with Crippen LogP contribution in [0, 0.1) is 59.2 Å². The summed E-state index contributed by atoms with van der Waals surface area (Å²) in [6.45, 7) is 18.1. The number of urea groups is 1. The molecule has 1 aliphatic heterocycles. The van der Waals surface area contributed by atoms with Crippen LogP contribution in [0.3, 0.4) is 0 Å². The first kappa shape index (κ1) is 81.0. The van der Waals surface area contributed by atoms with Crippen LogP contribution < -0.4 is 27.0 Å². The highest BCUT2D eigenvalue weighted by Crippen LogP contribution is 2.33. The second-order valence-corrected chi connectivity index (χ2v) is 29.6. The van der Waals surface area contributed by atoms with Gasteiger partial charge in [-0.05, 0) is 111 Å². The first-order valence-corrected chi connectivity index (χ1v) is 36.0. The number of carbonyl (C=O) groups excluding carboxylic acids is 9. The Labute approximate surface area is 571 Å². The number of unbranched alkanes of at least 4 members (excludes halogenated alkanes) is 1. The maximum atomic E-state index is 14.7. The van der Waals surface area contributed by atoms with Crippen molar-refractivity contribution in [1.82, 2.24) is 40.6 Å². The van der Waals surface area contributed by atoms with E-state index in [9.17, 15) is 47.4 Å². The Morgan fingerprint density at radius 3 is 2.03 bits per heavy atom. The Morgan fingerprint density at radius 1 is 0.781 bits per heavy atom. The van der Waals surface area contributed by atoms with Crippen molar-refractivity contribution in [3.05, 3.63) is 83.8 Å². The van der Waals surface area contributed by atoms with Crippen molar-refractivity contribution in [2.24, 2.45) is 53.1 Å². The van der Waals surface area contributed by atoms with Crippen molar-refractivity contribution in [2.75, 3.05) is 60.0 Å². The molecule has 96 heavy (non-hydrogen) atoms. The lowest BCUT2D eigenvalue weighted by Crippen LogP contribution is -2.54. The van der Waals surface area contributed by atoms with Crippen LogP contribution in [0.25, 0.3) is 0 Å². The monoisotopic (exact) mass is 1350 g/mol. The predicted molar refractivity (Wildman–Crippen MR) is 375 cm³/mol. The number of primary amides is 1. The molecule has 1 aromatic heterocycles. The van der Waals surface area contributed by atoms with Crippen molar-refractivity contribution in [3.63, 3.8) is 0 Å². The standard InChI is InChI=1S/C73H110N10O12S/c1-17-49(8)68(82(12)72(91)57(46(2)3)42-61(86)67(48(6)7)81(10)11)62(94-13)43-65(88)83-37-25-30-58(83)69(95-14)50(9)59(84)40-54(38-51-26-20-18-21-27-51)70(89)76-44-52-32-34-55(35-33-52)79-71(90)53(28-24-36-75-73(74)92)39-60(85)66(47(4)5)80-63(87)31-23-19-22-29-56-41-64(78-45-77-56)96(15,16)93/h18,20-21,26-27,32-35,41,45-50,53-54,57-58,62,66-69H,15,17,19,23-25,28,30-31,36-40,42-44H2,1-14,16H3,(H,76,89)(H,79,90)(H,80,87)(H3,74,75,92)/t49-,50-,53+,54+,57-,58-,62+,66-,67-,68-,69+,96?/m0/s1. The molecule has 530 valence electrons. The number of nitrogens with two attached hydrogens (primary N) is 1. The SMILES string of the molecule is C=S(C)(=O)c1cc(C#CCCCC(=O)N[C@H](C(=O)C[C@@H](CCCNC(N)=O)C(=O)Nc2ccc(CNC(=O)[C@@H](CC(=O)[C@H](C)[C@@H](OC)[C@@H]3CCCN3C(=O)C[C@@H](OC)[C@H]([C@@H](C)CC)N(C)C(=O)[C@@H](CC(=O)[C@H](C(C)C)N(C)C)C(C)C)Cc3ccccc3)cc2)C(C)C)ncn1. The molecule has 1 fully saturated rings. The maximum absolute atomic E-state index is 14.7. The van der Waals surface area contributed by atoms with Gasteiger partial charge in [0.25, 0.3) is 0 Å². The zero-order chi connectivity index (χ0) is 71.6. The number of ketones is 3. The van der Waals surface area contributed by atoms with Gasteiger partial charge in [0.1, 0.15) is 22.8 Å². The van der Waals surface area contributed by atoms with Crippen LogP contribution in [0.15, 0.2) is 72.0 Å². The molecule has 3 aromatic rings. The number of amides is 7. The summed E-state index contributed by atoms with van der Waals surface area (Å²) in [6.07, 6.45) is 4.78. The quantitative estimate of drug-likeness (QED) is 0.0158. The number of rotatable bonds is 40. The minimum Gasteiger partial charge on any atom is -0.379 e. The highest BCUT2D eigenvalue weighted by molar-refractivity contribution is 7.99. The van der Waals surface area contributed by atoms with E-state index in [2.05, 4.69) is 48.9 Å². The van der Waals surface area contributed by atoms with E-state index in [0.29, 0.717) is 67.0 Å². The molecule has 1 aliphatic rings. The number of hydrogen-bond acceptors (Lipinski definition) is 15. The molecule has 23 heteroatoms. The van der Waals surface area contributed by atoms with Gasteiger partial charge in [-0.25, -0.2) is 14.8 Å². The van der Waals surface area contributed by atoms with Crippen molar-refractivity contribution < 1.29 is 56.8 Å². The Bertz CT molecular complexity index is 3230. The Balaban J connectivity index is 1.43. The van der Waals surface area contributed by atoms with E-state index in [1.54, 1.807) is 69.0 Å². The summed E-state index contributed by atoms with van der Waals surface area (Å²) in [6, 6.07) is 14.9. The molecule has 7 amide bonds. The van der Waals surface area contributed by atoms with Gasteiger partial charge in [-0.15, -0.1) is 0 Å². The highest BCUT2D eigenvalue weighted by atomic mass is 32.2. The third kappa shape index (κ3) is 25.2. The molecular weight excluding hydrogens is 1240 g/mol. The van der Waals surface area contributed by atoms with Gasteiger partial charge < -0.3 is 46.3 Å². The van der Waals surface area contributed by atoms with E-state index in [4.69, 9.17) is 15.2 Å². The van der Waals surface area contributed by atoms with Crippen LogP contribution in [0.2, 0.25) is 0 Å². The summed E-state index contributed by atoms with van der Waals surface area (Å²) < 4.78 is 24.6. The fraction of sp³-hybridized carbons (Fsp3) is 0.616. The van der Waals surface area contributed by atoms with E-state index in [-0.39, 0.29) is 129 Å². The number of likely N-dealkylation sites (tertiary alicyclic amines) is 1. The Hall–Kier alpha value is -7.39. The van der Waals surface area contributed by atoms with Crippen LogP contribution in [-0.2, 0) is 70.3 Å². The molecule has 2 aromatic carbocycles. The largest absolute Gasteiger partial charge is 0.379 e. The lowest BCUT2D eigenvalue weighted by atomic mass is 9.83. The fourth-order valence-electron chi connectivity index (χ4n) is 12.9. The number of carbonyl (C=O) groups is 9. The first-order valence-electron chi connectivity index (χ1n) is 33.9. The number of ether oxygens (including phenoxy) is 2. The third-order valence-corrected chi connectivity index (χ3v) is 19.5. The number of nitrogens with one attached hydrogen (secondary N) is 4. The smallest absolute Gasteiger partial charge is 0.312 e. The fourth-order valence-corrected chi connectivity index (χ4v) is 13.6. The van der Waals surface area contributed by atoms with E-state index in [0.717, 1.165) is 5.56 Å². The molecule has 0 radical (unpaired) electrons. The van der Waals surface area contributed by atoms with Crippen LogP contribution >= 0.6 is 0 Å². The Kier molecular flexibility index (Phi) is 33.5. The van der Waals surface area contributed by atoms with Crippen LogP contribution in [0.1, 0.15) is 156 Å². The lowest BCUT2D eigenvalue weighted by molar-refractivity contribution is -0.149. The molecule has 12 atom stereocenters. The van der Waals surface area contributed by atoms with Gasteiger partial charge in [-0.1, -0.05) is 117 Å². The summed E-state index contributed by atoms with van der Waals surface area (Å²) in [5.41, 5.74) is 7.67. The average Bonchev–Trinajstić information content (AvgIpc) is 1.53. The van der Waals surface area contributed by atoms with Crippen LogP contribution in [0.5, 0.6) is 0 Å². The predicted octanol–water partition coefficient (Wildman–Crippen LogP) is 7.68. The van der Waals surface area contributed by atoms with Gasteiger partial charge in [0.05, 0.1) is 42.8 Å². The molecule has 1 unspecified atom stereocenters. The number of anilines is 1. The number of benzene rings is 2. The molecule has 0 aliphatic carbocycles. The molecular formula is C73H110N10O12S. The Morgan fingerprint density at radius 2 is 1.45 bits per heavy atom. The molecule has 1 saturated heterocycles. The second kappa shape index (κ2) is 39.7. The lowest BCUT2D eigenvalue weighted by Gasteiger charge is -2.41. The van der Waals surface area contributed by atoms with Crippen LogP contribution in [-0.4, -0.2) is 179 Å². The minimum atomic E-state index is -2.55. The number of methoxy groups -OCH3 is 2. The number of aromatic nitrogens is 2. The van der Waals surface area contributed by atoms with Crippen molar-refractivity contribution in [2.45, 2.75) is 194 Å². The average molecular weight is 1350 g/mol. The van der Waals surface area contributed by atoms with Gasteiger partial charge in [0, 0.05) is 124 Å². The molecule has 0 bridgehead atoms. The summed E-state index contributed by atoms with van der Waals surface area (Å²) in [7, 11) is 6.06. The van der Waals surface area contributed by atoms with Crippen molar-refractivity contribution in [3.8, 4) is 11.8 Å². The number of hydrogen-bond donors (Lipinski definition) is 5. The van der Waals surface area contributed by atoms with E-state index < -0.39 is 75.5 Å². The zero-order valence-corrected chi connectivity index (χ0v) is 60.4. The number of Topliss-reactive ketones (excluding diaryl/α,β-unsaturated/α-hetero) is 3. The third-order valence-electron chi connectivity index (χ3n) is 18.4. The molecule has 2 heterocycles. The van der Waals surface area contributed by atoms with Crippen molar-refractivity contribution in [1.29, 1.82) is 0 Å². The molecule has 0 saturated carbocycles. The molecule has 0 spiro atoms. The van der Waals surface area contributed by atoms with E-state index in [1.165, 1.54) is 25.8 Å². The van der Waals surface area contributed by atoms with Gasteiger partial charge in [-0.2, -0.15) is 0 Å². The summed E-state index contributed by atoms with van der Waals surface area (Å²) >= 11 is 0. The molecule has 6 N–H and O–H groups in total. The minimum absolute atomic E-state index is 0.0137. The highest BCUT2D eigenvalue weighted by Gasteiger charge is 2.44. The molecule has 4 rings (SSSR count). The number of likely N-dealkylation sites (N-methyl/N-ethyl adjacent to an activating group) is 2. The van der Waals surface area contributed by atoms with Gasteiger partial charge in [0.2, 0.25) is 29.5 Å². The zero-order valence-electron chi connectivity index (χ0n) is 59.6. The number of nitrogens with zero attached hydrogens (tertiary/aromatic N) is 5. The van der Waals surface area contributed by atoms with Crippen molar-refractivity contribution >= 4 is 74.0 Å².